The predicted octanol–water partition coefficient (Wildman–Crippen LogP) is 1.57. The number of H-pyrrole nitrogens is 2. The third kappa shape index (κ3) is 1.74. The molecule has 0 spiro atoms. The van der Waals surface area contributed by atoms with Crippen molar-refractivity contribution in [2.24, 2.45) is 0 Å². The van der Waals surface area contributed by atoms with Crippen LogP contribution in [-0.4, -0.2) is 15.8 Å². The van der Waals surface area contributed by atoms with Crippen LogP contribution in [0.2, 0.25) is 0 Å². The first-order valence-electron chi connectivity index (χ1n) is 4.56. The molecule has 0 fully saturated rings. The minimum atomic E-state index is -0.275. The van der Waals surface area contributed by atoms with Crippen molar-refractivity contribution in [2.75, 3.05) is 0 Å². The summed E-state index contributed by atoms with van der Waals surface area (Å²) >= 11 is 0. The van der Waals surface area contributed by atoms with Crippen molar-refractivity contribution in [1.82, 2.24) is 9.97 Å². The van der Waals surface area contributed by atoms with Crippen LogP contribution < -0.4 is 5.69 Å². The molecule has 4 heteroatoms. The van der Waals surface area contributed by atoms with Crippen LogP contribution >= 0.6 is 0 Å². The van der Waals surface area contributed by atoms with E-state index in [0.29, 0.717) is 11.3 Å². The number of aromatic amines is 2. The summed E-state index contributed by atoms with van der Waals surface area (Å²) in [5, 5.41) is 0. The Bertz CT molecular complexity index is 551. The molecule has 2 N–H and O–H groups in total. The standard InChI is InChI=1S/C11H10N2O2/c1-7(14)8-4-2-3-5-9(8)10-6-12-11(15)13-10/h2-6H,1H3,(H2,12,13,15). The van der Waals surface area contributed by atoms with Crippen molar-refractivity contribution >= 4 is 5.78 Å². The molecule has 15 heavy (non-hydrogen) atoms. The highest BCUT2D eigenvalue weighted by Crippen LogP contribution is 2.20. The Kier molecular flexibility index (Phi) is 2.25. The molecule has 1 heterocycles. The molecule has 0 aliphatic carbocycles. The van der Waals surface area contributed by atoms with Crippen LogP contribution in [0.5, 0.6) is 0 Å². The number of carbonyl (C=O) groups is 1. The van der Waals surface area contributed by atoms with E-state index < -0.39 is 0 Å². The summed E-state index contributed by atoms with van der Waals surface area (Å²) in [6.07, 6.45) is 1.56. The van der Waals surface area contributed by atoms with Gasteiger partial charge in [-0.3, -0.25) is 4.79 Å². The summed E-state index contributed by atoms with van der Waals surface area (Å²) in [5.41, 5.74) is 1.70. The second-order valence-corrected chi connectivity index (χ2v) is 3.26. The van der Waals surface area contributed by atoms with Crippen LogP contribution in [0, 0.1) is 0 Å². The van der Waals surface area contributed by atoms with E-state index in [4.69, 9.17) is 0 Å². The first-order chi connectivity index (χ1) is 7.18. The minimum absolute atomic E-state index is 0.0207. The molecule has 76 valence electrons. The summed E-state index contributed by atoms with van der Waals surface area (Å²) in [7, 11) is 0. The zero-order chi connectivity index (χ0) is 10.8. The number of hydrogen-bond acceptors (Lipinski definition) is 2. The van der Waals surface area contributed by atoms with Gasteiger partial charge in [0.25, 0.3) is 0 Å². The number of Topliss-reactive ketones (excluding diaryl/α,β-unsaturated/α-hetero) is 1. The van der Waals surface area contributed by atoms with Gasteiger partial charge in [-0.05, 0) is 6.92 Å². The van der Waals surface area contributed by atoms with Crippen molar-refractivity contribution in [2.45, 2.75) is 6.92 Å². The first kappa shape index (κ1) is 9.45. The number of carbonyl (C=O) groups excluding carboxylic acids is 1. The van der Waals surface area contributed by atoms with Crippen molar-refractivity contribution in [3.63, 3.8) is 0 Å². The van der Waals surface area contributed by atoms with Crippen LogP contribution in [0.15, 0.2) is 35.3 Å². The molecule has 0 atom stereocenters. The third-order valence-corrected chi connectivity index (χ3v) is 2.19. The molecule has 0 radical (unpaired) electrons. The van der Waals surface area contributed by atoms with E-state index in [-0.39, 0.29) is 11.5 Å². The maximum absolute atomic E-state index is 11.3. The quantitative estimate of drug-likeness (QED) is 0.726. The molecule has 0 aliphatic rings. The van der Waals surface area contributed by atoms with Gasteiger partial charge in [-0.15, -0.1) is 0 Å². The second-order valence-electron chi connectivity index (χ2n) is 3.26. The lowest BCUT2D eigenvalue weighted by Crippen LogP contribution is -2.01. The third-order valence-electron chi connectivity index (χ3n) is 2.19. The summed E-state index contributed by atoms with van der Waals surface area (Å²) in [5.74, 6) is -0.0207. The smallest absolute Gasteiger partial charge is 0.312 e. The van der Waals surface area contributed by atoms with Crippen LogP contribution in [0.1, 0.15) is 17.3 Å². The van der Waals surface area contributed by atoms with E-state index in [0.717, 1.165) is 5.56 Å². The van der Waals surface area contributed by atoms with Crippen molar-refractivity contribution < 1.29 is 4.79 Å². The Balaban J connectivity index is 2.62. The van der Waals surface area contributed by atoms with E-state index in [2.05, 4.69) is 9.97 Å². The molecule has 1 aromatic carbocycles. The molecule has 4 nitrogen and oxygen atoms in total. The fraction of sp³-hybridized carbons (Fsp3) is 0.0909. The van der Waals surface area contributed by atoms with Gasteiger partial charge in [0.1, 0.15) is 0 Å². The average molecular weight is 202 g/mol. The monoisotopic (exact) mass is 202 g/mol. The maximum atomic E-state index is 11.3. The van der Waals surface area contributed by atoms with Gasteiger partial charge in [-0.1, -0.05) is 24.3 Å². The number of rotatable bonds is 2. The zero-order valence-electron chi connectivity index (χ0n) is 8.20. The van der Waals surface area contributed by atoms with Gasteiger partial charge in [0.05, 0.1) is 5.69 Å². The Morgan fingerprint density at radius 1 is 1.27 bits per heavy atom. The maximum Gasteiger partial charge on any atom is 0.323 e. The number of ketones is 1. The Morgan fingerprint density at radius 2 is 2.00 bits per heavy atom. The molecule has 1 aromatic heterocycles. The summed E-state index contributed by atoms with van der Waals surface area (Å²) in [6, 6.07) is 7.16. The van der Waals surface area contributed by atoms with E-state index in [1.807, 2.05) is 6.07 Å². The van der Waals surface area contributed by atoms with Gasteiger partial charge in [0, 0.05) is 17.3 Å². The minimum Gasteiger partial charge on any atom is -0.312 e. The van der Waals surface area contributed by atoms with Gasteiger partial charge in [0.2, 0.25) is 0 Å². The molecule has 0 aliphatic heterocycles. The molecule has 2 rings (SSSR count). The van der Waals surface area contributed by atoms with Crippen molar-refractivity contribution in [3.8, 4) is 11.3 Å². The summed E-state index contributed by atoms with van der Waals surface area (Å²) in [4.78, 5) is 27.4. The fourth-order valence-corrected chi connectivity index (χ4v) is 1.50. The summed E-state index contributed by atoms with van der Waals surface area (Å²) in [6.45, 7) is 1.50. The lowest BCUT2D eigenvalue weighted by Gasteiger charge is -2.02. The molecule has 0 bridgehead atoms. The highest BCUT2D eigenvalue weighted by atomic mass is 16.1. The van der Waals surface area contributed by atoms with Gasteiger partial charge in [-0.25, -0.2) is 4.79 Å². The average Bonchev–Trinajstić information content (AvgIpc) is 2.65. The highest BCUT2D eigenvalue weighted by molar-refractivity contribution is 6.00. The SMILES string of the molecule is CC(=O)c1ccccc1-c1c[nH]c(=O)[nH]1. The normalized spacial score (nSPS) is 10.2. The Morgan fingerprint density at radius 3 is 2.60 bits per heavy atom. The number of hydrogen-bond donors (Lipinski definition) is 2. The van der Waals surface area contributed by atoms with E-state index in [9.17, 15) is 9.59 Å². The van der Waals surface area contributed by atoms with E-state index in [1.54, 1.807) is 24.4 Å². The number of nitrogens with one attached hydrogen (secondary N) is 2. The van der Waals surface area contributed by atoms with Crippen LogP contribution in [0.4, 0.5) is 0 Å². The van der Waals surface area contributed by atoms with Crippen LogP contribution in [-0.2, 0) is 0 Å². The Hall–Kier alpha value is -2.10. The highest BCUT2D eigenvalue weighted by Gasteiger charge is 2.09. The largest absolute Gasteiger partial charge is 0.323 e. The van der Waals surface area contributed by atoms with Gasteiger partial charge in [-0.2, -0.15) is 0 Å². The zero-order valence-corrected chi connectivity index (χ0v) is 8.20. The molecule has 2 aromatic rings. The molecule has 0 saturated heterocycles. The fourth-order valence-electron chi connectivity index (χ4n) is 1.50. The second kappa shape index (κ2) is 3.57. The van der Waals surface area contributed by atoms with E-state index >= 15 is 0 Å². The molecule has 0 saturated carbocycles. The lowest BCUT2D eigenvalue weighted by atomic mass is 10.0. The lowest BCUT2D eigenvalue weighted by molar-refractivity contribution is 0.101. The molecular weight excluding hydrogens is 192 g/mol. The molecule has 0 amide bonds. The number of aromatic nitrogens is 2. The summed E-state index contributed by atoms with van der Waals surface area (Å²) < 4.78 is 0. The Labute approximate surface area is 86.0 Å². The van der Waals surface area contributed by atoms with Gasteiger partial charge < -0.3 is 9.97 Å². The molecular formula is C11H10N2O2. The number of imidazole rings is 1. The molecule has 0 unspecified atom stereocenters. The van der Waals surface area contributed by atoms with Crippen LogP contribution in [0.25, 0.3) is 11.3 Å². The van der Waals surface area contributed by atoms with Crippen molar-refractivity contribution in [1.29, 1.82) is 0 Å². The van der Waals surface area contributed by atoms with Crippen molar-refractivity contribution in [3.05, 3.63) is 46.5 Å². The van der Waals surface area contributed by atoms with Gasteiger partial charge >= 0.3 is 5.69 Å². The topological polar surface area (TPSA) is 65.7 Å². The predicted molar refractivity (Wildman–Crippen MR) is 56.9 cm³/mol. The van der Waals surface area contributed by atoms with Gasteiger partial charge in [0.15, 0.2) is 5.78 Å². The first-order valence-corrected chi connectivity index (χ1v) is 4.56. The number of benzene rings is 1. The van der Waals surface area contributed by atoms with Crippen LogP contribution in [0.3, 0.4) is 0 Å². The van der Waals surface area contributed by atoms with E-state index in [1.165, 1.54) is 6.92 Å².